The summed E-state index contributed by atoms with van der Waals surface area (Å²) in [6.07, 6.45) is 6.36. The predicted octanol–water partition coefficient (Wildman–Crippen LogP) is 2.56. The zero-order valence-electron chi connectivity index (χ0n) is 13.8. The first-order valence-corrected chi connectivity index (χ1v) is 10.3. The van der Waals surface area contributed by atoms with Crippen LogP contribution in [0.25, 0.3) is 0 Å². The Labute approximate surface area is 146 Å². The van der Waals surface area contributed by atoms with E-state index in [0.717, 1.165) is 24.2 Å². The fraction of sp³-hybridized carbons (Fsp3) is 0.625. The Kier molecular flexibility index (Phi) is 4.46. The molecule has 3 rings (SSSR count). The Balaban J connectivity index is 1.88. The van der Waals surface area contributed by atoms with Crippen LogP contribution in [0.1, 0.15) is 37.0 Å². The van der Waals surface area contributed by atoms with Gasteiger partial charge in [-0.05, 0) is 30.4 Å². The van der Waals surface area contributed by atoms with Gasteiger partial charge in [-0.2, -0.15) is 8.42 Å². The summed E-state index contributed by atoms with van der Waals surface area (Å²) in [6.45, 7) is 0. The van der Waals surface area contributed by atoms with Crippen molar-refractivity contribution in [3.63, 3.8) is 0 Å². The third kappa shape index (κ3) is 2.97. The van der Waals surface area contributed by atoms with Crippen LogP contribution < -0.4 is 0 Å². The standard InChI is InChI=1S/C16H22N2O4S2/c1-18(2)10-17-24(21,22)14-8-7-13(23-14)16(15(19)20)9-12(16)11-5-3-4-6-11/h7-8,10-12H,3-6,9H2,1-2H3,(H,19,20). The molecule has 2 fully saturated rings. The highest BCUT2D eigenvalue weighted by molar-refractivity contribution is 7.92. The van der Waals surface area contributed by atoms with E-state index in [1.54, 1.807) is 25.1 Å². The Hall–Kier alpha value is -1.41. The number of carbonyl (C=O) groups is 1. The van der Waals surface area contributed by atoms with Crippen molar-refractivity contribution in [2.75, 3.05) is 14.1 Å². The van der Waals surface area contributed by atoms with E-state index in [1.807, 2.05) is 0 Å². The van der Waals surface area contributed by atoms with Crippen LogP contribution in [0.4, 0.5) is 0 Å². The van der Waals surface area contributed by atoms with Gasteiger partial charge < -0.3 is 10.0 Å². The maximum Gasteiger partial charge on any atom is 0.315 e. The highest BCUT2D eigenvalue weighted by atomic mass is 32.2. The highest BCUT2D eigenvalue weighted by Crippen LogP contribution is 2.62. The molecule has 1 heterocycles. The molecule has 1 aromatic rings. The zero-order valence-corrected chi connectivity index (χ0v) is 15.4. The van der Waals surface area contributed by atoms with Crippen molar-refractivity contribution in [3.8, 4) is 0 Å². The molecule has 8 heteroatoms. The summed E-state index contributed by atoms with van der Waals surface area (Å²) in [5, 5.41) is 9.80. The smallest absolute Gasteiger partial charge is 0.315 e. The quantitative estimate of drug-likeness (QED) is 0.614. The lowest BCUT2D eigenvalue weighted by Gasteiger charge is -2.14. The van der Waals surface area contributed by atoms with Crippen LogP contribution in [-0.4, -0.2) is 44.8 Å². The maximum atomic E-state index is 12.2. The highest BCUT2D eigenvalue weighted by Gasteiger charge is 2.64. The number of sulfonamides is 1. The van der Waals surface area contributed by atoms with Crippen molar-refractivity contribution in [1.82, 2.24) is 4.90 Å². The van der Waals surface area contributed by atoms with Crippen molar-refractivity contribution in [2.24, 2.45) is 16.2 Å². The summed E-state index contributed by atoms with van der Waals surface area (Å²) in [5.41, 5.74) is -0.890. The molecule has 24 heavy (non-hydrogen) atoms. The van der Waals surface area contributed by atoms with Gasteiger partial charge in [0.2, 0.25) is 0 Å². The first-order chi connectivity index (χ1) is 11.3. The molecule has 1 aromatic heterocycles. The number of hydrogen-bond donors (Lipinski definition) is 1. The third-order valence-corrected chi connectivity index (χ3v) is 8.01. The number of carboxylic acids is 1. The first kappa shape index (κ1) is 17.4. The third-order valence-electron chi connectivity index (χ3n) is 5.06. The van der Waals surface area contributed by atoms with Crippen LogP contribution in [0.2, 0.25) is 0 Å². The molecule has 2 atom stereocenters. The molecule has 2 unspecified atom stereocenters. The molecule has 0 spiro atoms. The lowest BCUT2D eigenvalue weighted by atomic mass is 9.92. The van der Waals surface area contributed by atoms with Crippen molar-refractivity contribution in [1.29, 1.82) is 0 Å². The van der Waals surface area contributed by atoms with Gasteiger partial charge in [0.15, 0.2) is 0 Å². The van der Waals surface area contributed by atoms with Gasteiger partial charge in [0.05, 0.1) is 0 Å². The zero-order chi connectivity index (χ0) is 17.5. The van der Waals surface area contributed by atoms with Crippen LogP contribution in [0.3, 0.4) is 0 Å². The van der Waals surface area contributed by atoms with Crippen molar-refractivity contribution >= 4 is 33.7 Å². The van der Waals surface area contributed by atoms with Crippen LogP contribution in [0.5, 0.6) is 0 Å². The Morgan fingerprint density at radius 2 is 2.04 bits per heavy atom. The molecule has 0 aromatic carbocycles. The van der Waals surface area contributed by atoms with E-state index in [4.69, 9.17) is 0 Å². The van der Waals surface area contributed by atoms with Crippen molar-refractivity contribution < 1.29 is 18.3 Å². The summed E-state index contributed by atoms with van der Waals surface area (Å²) in [6, 6.07) is 3.14. The minimum atomic E-state index is -3.78. The van der Waals surface area contributed by atoms with Crippen molar-refractivity contribution in [3.05, 3.63) is 17.0 Å². The second-order valence-electron chi connectivity index (χ2n) is 6.91. The largest absolute Gasteiger partial charge is 0.481 e. The maximum absolute atomic E-state index is 12.2. The van der Waals surface area contributed by atoms with E-state index in [1.165, 1.54) is 25.2 Å². The molecular weight excluding hydrogens is 348 g/mol. The molecule has 0 aliphatic heterocycles. The monoisotopic (exact) mass is 370 g/mol. The normalized spacial score (nSPS) is 27.7. The molecule has 2 aliphatic rings. The molecule has 0 amide bonds. The summed E-state index contributed by atoms with van der Waals surface area (Å²) >= 11 is 1.05. The number of nitrogens with zero attached hydrogens (tertiary/aromatic N) is 2. The molecule has 0 saturated heterocycles. The van der Waals surface area contributed by atoms with Gasteiger partial charge >= 0.3 is 5.97 Å². The average molecular weight is 370 g/mol. The number of rotatable bonds is 6. The molecule has 6 nitrogen and oxygen atoms in total. The molecule has 1 N–H and O–H groups in total. The fourth-order valence-electron chi connectivity index (χ4n) is 3.76. The Morgan fingerprint density at radius 3 is 2.62 bits per heavy atom. The average Bonchev–Trinajstić information content (AvgIpc) is 2.94. The topological polar surface area (TPSA) is 87.0 Å². The number of thiophene rings is 1. The fourth-order valence-corrected chi connectivity index (χ4v) is 6.23. The minimum absolute atomic E-state index is 0.105. The van der Waals surface area contributed by atoms with Crippen LogP contribution >= 0.6 is 11.3 Å². The minimum Gasteiger partial charge on any atom is -0.481 e. The molecular formula is C16H22N2O4S2. The number of aliphatic carboxylic acids is 1. The van der Waals surface area contributed by atoms with Gasteiger partial charge in [0.25, 0.3) is 10.0 Å². The summed E-state index contributed by atoms with van der Waals surface area (Å²) < 4.78 is 28.2. The Bertz CT molecular complexity index is 763. The molecule has 132 valence electrons. The van der Waals surface area contributed by atoms with Crippen molar-refractivity contribution in [2.45, 2.75) is 41.7 Å². The molecule has 2 aliphatic carbocycles. The van der Waals surface area contributed by atoms with Crippen LogP contribution in [0, 0.1) is 11.8 Å². The SMILES string of the molecule is CN(C)C=NS(=O)(=O)c1ccc(C2(C(=O)O)CC2C2CCCC2)s1. The van der Waals surface area contributed by atoms with Gasteiger partial charge in [-0.1, -0.05) is 25.7 Å². The second-order valence-corrected chi connectivity index (χ2v) is 9.85. The molecule has 0 radical (unpaired) electrons. The summed E-state index contributed by atoms with van der Waals surface area (Å²) in [4.78, 5) is 14.1. The summed E-state index contributed by atoms with van der Waals surface area (Å²) in [5.74, 6) is -0.242. The van der Waals surface area contributed by atoms with Gasteiger partial charge in [-0.15, -0.1) is 15.7 Å². The van der Waals surface area contributed by atoms with E-state index in [9.17, 15) is 18.3 Å². The van der Waals surface area contributed by atoms with E-state index in [2.05, 4.69) is 4.40 Å². The lowest BCUT2D eigenvalue weighted by Crippen LogP contribution is -2.23. The lowest BCUT2D eigenvalue weighted by molar-refractivity contribution is -0.140. The predicted molar refractivity (Wildman–Crippen MR) is 93.1 cm³/mol. The van der Waals surface area contributed by atoms with E-state index >= 15 is 0 Å². The van der Waals surface area contributed by atoms with Gasteiger partial charge in [0.1, 0.15) is 16.0 Å². The second kappa shape index (κ2) is 6.15. The van der Waals surface area contributed by atoms with Gasteiger partial charge in [-0.3, -0.25) is 4.79 Å². The summed E-state index contributed by atoms with van der Waals surface area (Å²) in [7, 11) is -0.398. The first-order valence-electron chi connectivity index (χ1n) is 8.08. The van der Waals surface area contributed by atoms with E-state index in [-0.39, 0.29) is 10.1 Å². The van der Waals surface area contributed by atoms with E-state index in [0.29, 0.717) is 17.2 Å². The number of carboxylic acid groups (broad SMARTS) is 1. The van der Waals surface area contributed by atoms with Crippen LogP contribution in [-0.2, 0) is 20.2 Å². The van der Waals surface area contributed by atoms with Gasteiger partial charge in [0, 0.05) is 19.0 Å². The molecule has 2 saturated carbocycles. The van der Waals surface area contributed by atoms with E-state index < -0.39 is 21.4 Å². The number of hydrogen-bond acceptors (Lipinski definition) is 4. The Morgan fingerprint density at radius 1 is 1.38 bits per heavy atom. The molecule has 0 bridgehead atoms. The van der Waals surface area contributed by atoms with Crippen LogP contribution in [0.15, 0.2) is 20.7 Å². The van der Waals surface area contributed by atoms with Gasteiger partial charge in [-0.25, -0.2) is 0 Å².